The molecule has 1 aromatic heterocycles. The molecule has 3 aromatic rings. The van der Waals surface area contributed by atoms with Crippen molar-refractivity contribution in [3.05, 3.63) is 88.9 Å². The van der Waals surface area contributed by atoms with Crippen LogP contribution in [0, 0.1) is 20.8 Å². The molecule has 0 fully saturated rings. The summed E-state index contributed by atoms with van der Waals surface area (Å²) in [4.78, 5) is 15.2. The van der Waals surface area contributed by atoms with E-state index in [1.54, 1.807) is 0 Å². The number of carbonyl (C=O) groups is 1. The standard InChI is InChI=1S/C23H26N2O2/c1-16-10-11-17(2)21(14-16)24-23(26)22(19-8-6-5-7-9-19)25(4)15-20-13-12-18(3)27-20/h5-14,22H,15H2,1-4H3,(H,24,26)/t22-/m1/s1. The first-order valence-electron chi connectivity index (χ1n) is 9.12. The number of anilines is 1. The number of hydrogen-bond donors (Lipinski definition) is 1. The van der Waals surface area contributed by atoms with Crippen molar-refractivity contribution in [1.82, 2.24) is 4.90 Å². The highest BCUT2D eigenvalue weighted by molar-refractivity contribution is 5.96. The van der Waals surface area contributed by atoms with Crippen LogP contribution in [0.15, 0.2) is 65.1 Å². The summed E-state index contributed by atoms with van der Waals surface area (Å²) in [6.45, 7) is 6.50. The van der Waals surface area contributed by atoms with Crippen LogP contribution in [0.2, 0.25) is 0 Å². The van der Waals surface area contributed by atoms with Crippen molar-refractivity contribution in [3.63, 3.8) is 0 Å². The van der Waals surface area contributed by atoms with Gasteiger partial charge in [0.05, 0.1) is 6.54 Å². The Bertz CT molecular complexity index is 915. The number of nitrogens with one attached hydrogen (secondary N) is 1. The van der Waals surface area contributed by atoms with Crippen molar-refractivity contribution in [2.75, 3.05) is 12.4 Å². The van der Waals surface area contributed by atoms with Gasteiger partial charge in [-0.1, -0.05) is 42.5 Å². The summed E-state index contributed by atoms with van der Waals surface area (Å²) in [6, 6.07) is 19.4. The zero-order chi connectivity index (χ0) is 19.4. The number of rotatable bonds is 6. The number of furan rings is 1. The lowest BCUT2D eigenvalue weighted by Crippen LogP contribution is -2.34. The molecule has 4 heteroatoms. The number of amides is 1. The molecule has 1 heterocycles. The molecule has 0 aliphatic carbocycles. The van der Waals surface area contributed by atoms with E-state index in [0.717, 1.165) is 33.9 Å². The Balaban J connectivity index is 1.87. The Morgan fingerprint density at radius 1 is 1.04 bits per heavy atom. The Morgan fingerprint density at radius 3 is 2.44 bits per heavy atom. The van der Waals surface area contributed by atoms with Gasteiger partial charge in [0.1, 0.15) is 17.6 Å². The number of nitrogens with zero attached hydrogens (tertiary/aromatic N) is 1. The minimum atomic E-state index is -0.420. The van der Waals surface area contributed by atoms with E-state index in [2.05, 4.69) is 5.32 Å². The van der Waals surface area contributed by atoms with E-state index in [0.29, 0.717) is 6.54 Å². The highest BCUT2D eigenvalue weighted by atomic mass is 16.3. The Morgan fingerprint density at radius 2 is 1.78 bits per heavy atom. The van der Waals surface area contributed by atoms with Crippen LogP contribution in [-0.4, -0.2) is 17.9 Å². The molecule has 1 amide bonds. The van der Waals surface area contributed by atoms with E-state index < -0.39 is 6.04 Å². The van der Waals surface area contributed by atoms with Crippen LogP contribution in [0.25, 0.3) is 0 Å². The minimum Gasteiger partial charge on any atom is -0.465 e. The quantitative estimate of drug-likeness (QED) is 0.670. The van der Waals surface area contributed by atoms with Crippen molar-refractivity contribution in [2.24, 2.45) is 0 Å². The fourth-order valence-corrected chi connectivity index (χ4v) is 3.22. The zero-order valence-corrected chi connectivity index (χ0v) is 16.3. The molecule has 1 atom stereocenters. The molecule has 0 saturated heterocycles. The van der Waals surface area contributed by atoms with Crippen LogP contribution >= 0.6 is 0 Å². The normalized spacial score (nSPS) is 12.2. The molecule has 0 bridgehead atoms. The Kier molecular flexibility index (Phi) is 5.77. The number of likely N-dealkylation sites (N-methyl/N-ethyl adjacent to an activating group) is 1. The SMILES string of the molecule is Cc1ccc(C)c(NC(=O)[C@@H](c2ccccc2)N(C)Cc2ccc(C)o2)c1. The first-order chi connectivity index (χ1) is 12.9. The predicted molar refractivity (Wildman–Crippen MR) is 109 cm³/mol. The van der Waals surface area contributed by atoms with Gasteiger partial charge in [0, 0.05) is 5.69 Å². The van der Waals surface area contributed by atoms with E-state index in [9.17, 15) is 4.79 Å². The van der Waals surface area contributed by atoms with E-state index in [-0.39, 0.29) is 5.91 Å². The second-order valence-corrected chi connectivity index (χ2v) is 7.05. The van der Waals surface area contributed by atoms with Crippen molar-refractivity contribution < 1.29 is 9.21 Å². The van der Waals surface area contributed by atoms with Crippen molar-refractivity contribution >= 4 is 11.6 Å². The molecule has 4 nitrogen and oxygen atoms in total. The monoisotopic (exact) mass is 362 g/mol. The average molecular weight is 362 g/mol. The topological polar surface area (TPSA) is 45.5 Å². The second kappa shape index (κ2) is 8.23. The van der Waals surface area contributed by atoms with Gasteiger partial charge in [0.25, 0.3) is 0 Å². The minimum absolute atomic E-state index is 0.0549. The number of hydrogen-bond acceptors (Lipinski definition) is 3. The molecule has 0 aliphatic heterocycles. The van der Waals surface area contributed by atoms with E-state index in [1.165, 1.54) is 0 Å². The molecule has 0 radical (unpaired) electrons. The number of carbonyl (C=O) groups excluding carboxylic acids is 1. The van der Waals surface area contributed by atoms with Crippen molar-refractivity contribution in [2.45, 2.75) is 33.4 Å². The highest BCUT2D eigenvalue weighted by Crippen LogP contribution is 2.25. The van der Waals surface area contributed by atoms with E-state index >= 15 is 0 Å². The van der Waals surface area contributed by atoms with Gasteiger partial charge in [-0.05, 0) is 62.7 Å². The van der Waals surface area contributed by atoms with Gasteiger partial charge in [-0.2, -0.15) is 0 Å². The molecule has 3 rings (SSSR count). The smallest absolute Gasteiger partial charge is 0.246 e. The average Bonchev–Trinajstić information content (AvgIpc) is 3.04. The molecular formula is C23H26N2O2. The van der Waals surface area contributed by atoms with Crippen LogP contribution in [0.1, 0.15) is 34.3 Å². The molecule has 0 saturated carbocycles. The summed E-state index contributed by atoms with van der Waals surface area (Å²) in [5.74, 6) is 1.66. The largest absolute Gasteiger partial charge is 0.465 e. The molecular weight excluding hydrogens is 336 g/mol. The lowest BCUT2D eigenvalue weighted by molar-refractivity contribution is -0.121. The van der Waals surface area contributed by atoms with Gasteiger partial charge >= 0.3 is 0 Å². The number of aryl methyl sites for hydroxylation is 3. The molecule has 140 valence electrons. The van der Waals surface area contributed by atoms with Gasteiger partial charge in [-0.15, -0.1) is 0 Å². The van der Waals surface area contributed by atoms with Crippen LogP contribution < -0.4 is 5.32 Å². The summed E-state index contributed by atoms with van der Waals surface area (Å²) >= 11 is 0. The van der Waals surface area contributed by atoms with E-state index in [4.69, 9.17) is 4.42 Å². The van der Waals surface area contributed by atoms with Crippen LogP contribution in [0.4, 0.5) is 5.69 Å². The molecule has 27 heavy (non-hydrogen) atoms. The maximum Gasteiger partial charge on any atom is 0.246 e. The summed E-state index contributed by atoms with van der Waals surface area (Å²) < 4.78 is 5.70. The number of benzene rings is 2. The molecule has 0 spiro atoms. The Labute approximate surface area is 160 Å². The molecule has 1 N–H and O–H groups in total. The maximum absolute atomic E-state index is 13.2. The van der Waals surface area contributed by atoms with Crippen molar-refractivity contribution in [3.8, 4) is 0 Å². The fourth-order valence-electron chi connectivity index (χ4n) is 3.22. The van der Waals surface area contributed by atoms with Crippen LogP contribution in [-0.2, 0) is 11.3 Å². The molecule has 0 aliphatic rings. The zero-order valence-electron chi connectivity index (χ0n) is 16.3. The first kappa shape index (κ1) is 18.9. The summed E-state index contributed by atoms with van der Waals surface area (Å²) in [5, 5.41) is 3.11. The lowest BCUT2D eigenvalue weighted by Gasteiger charge is -2.27. The van der Waals surface area contributed by atoms with Gasteiger partial charge in [-0.3, -0.25) is 9.69 Å². The maximum atomic E-state index is 13.2. The summed E-state index contributed by atoms with van der Waals surface area (Å²) in [6.07, 6.45) is 0. The van der Waals surface area contributed by atoms with Crippen LogP contribution in [0.3, 0.4) is 0 Å². The third-order valence-electron chi connectivity index (χ3n) is 4.66. The second-order valence-electron chi connectivity index (χ2n) is 7.05. The molecule has 2 aromatic carbocycles. The van der Waals surface area contributed by atoms with Gasteiger partial charge < -0.3 is 9.73 Å². The van der Waals surface area contributed by atoms with Crippen LogP contribution in [0.5, 0.6) is 0 Å². The predicted octanol–water partition coefficient (Wildman–Crippen LogP) is 5.02. The molecule has 0 unspecified atom stereocenters. The van der Waals surface area contributed by atoms with Gasteiger partial charge in [0.15, 0.2) is 0 Å². The first-order valence-corrected chi connectivity index (χ1v) is 9.12. The highest BCUT2D eigenvalue weighted by Gasteiger charge is 2.26. The summed E-state index contributed by atoms with van der Waals surface area (Å²) in [5.41, 5.74) is 3.96. The van der Waals surface area contributed by atoms with Gasteiger partial charge in [-0.25, -0.2) is 0 Å². The van der Waals surface area contributed by atoms with Crippen molar-refractivity contribution in [1.29, 1.82) is 0 Å². The lowest BCUT2D eigenvalue weighted by atomic mass is 10.0. The third-order valence-corrected chi connectivity index (χ3v) is 4.66. The Hall–Kier alpha value is -2.85. The third kappa shape index (κ3) is 4.66. The summed E-state index contributed by atoms with van der Waals surface area (Å²) in [7, 11) is 1.94. The fraction of sp³-hybridized carbons (Fsp3) is 0.261. The van der Waals surface area contributed by atoms with Gasteiger partial charge in [0.2, 0.25) is 5.91 Å². The van der Waals surface area contributed by atoms with E-state index in [1.807, 2.05) is 93.4 Å².